The van der Waals surface area contributed by atoms with Gasteiger partial charge in [-0.2, -0.15) is 4.39 Å². The molecule has 0 bridgehead atoms. The van der Waals surface area contributed by atoms with Crippen LogP contribution in [0.3, 0.4) is 0 Å². The van der Waals surface area contributed by atoms with E-state index < -0.39 is 5.95 Å². The minimum absolute atomic E-state index is 0.313. The van der Waals surface area contributed by atoms with Crippen LogP contribution in [0.1, 0.15) is 43.0 Å². The van der Waals surface area contributed by atoms with Gasteiger partial charge >= 0.3 is 5.97 Å². The van der Waals surface area contributed by atoms with Gasteiger partial charge in [-0.15, -0.1) is 10.2 Å². The van der Waals surface area contributed by atoms with Gasteiger partial charge in [0.2, 0.25) is 5.95 Å². The minimum atomic E-state index is -0.547. The molecule has 2 heterocycles. The van der Waals surface area contributed by atoms with Gasteiger partial charge in [-0.3, -0.25) is 0 Å². The van der Waals surface area contributed by atoms with Crippen molar-refractivity contribution in [3.63, 3.8) is 0 Å². The highest BCUT2D eigenvalue weighted by atomic mass is 19.1. The smallest absolute Gasteiger partial charge is 0.338 e. The first-order chi connectivity index (χ1) is 13.7. The molecule has 6 nitrogen and oxygen atoms in total. The molecule has 0 amide bonds. The van der Waals surface area contributed by atoms with Gasteiger partial charge in [0.05, 0.1) is 18.8 Å². The number of ether oxygens (including phenoxy) is 2. The highest BCUT2D eigenvalue weighted by Crippen LogP contribution is 2.25. The summed E-state index contributed by atoms with van der Waals surface area (Å²) >= 11 is 0. The van der Waals surface area contributed by atoms with E-state index in [0.717, 1.165) is 50.3 Å². The van der Waals surface area contributed by atoms with Crippen molar-refractivity contribution in [2.24, 2.45) is 5.92 Å². The van der Waals surface area contributed by atoms with Crippen molar-refractivity contribution in [3.05, 3.63) is 47.9 Å². The molecule has 7 heteroatoms. The molecule has 0 spiro atoms. The second-order valence-electron chi connectivity index (χ2n) is 6.88. The Morgan fingerprint density at radius 2 is 1.89 bits per heavy atom. The van der Waals surface area contributed by atoms with Crippen LogP contribution in [0.2, 0.25) is 0 Å². The molecule has 0 saturated carbocycles. The summed E-state index contributed by atoms with van der Waals surface area (Å²) in [6.45, 7) is 4.65. The third kappa shape index (κ3) is 5.65. The molecule has 1 aliphatic rings. The number of esters is 1. The van der Waals surface area contributed by atoms with Crippen LogP contribution in [0.25, 0.3) is 0 Å². The van der Waals surface area contributed by atoms with Gasteiger partial charge < -0.3 is 14.4 Å². The second kappa shape index (κ2) is 10.0. The number of rotatable bonds is 8. The van der Waals surface area contributed by atoms with Crippen molar-refractivity contribution >= 4 is 11.8 Å². The van der Waals surface area contributed by atoms with Crippen LogP contribution in [0.4, 0.5) is 10.2 Å². The number of benzene rings is 1. The van der Waals surface area contributed by atoms with Crippen molar-refractivity contribution in [1.29, 1.82) is 0 Å². The SMILES string of the molecule is CCOC(=O)c1ccc(OCCCC2CCN(c3ccc(F)nn3)CC2)cc1. The Hall–Kier alpha value is -2.70. The van der Waals surface area contributed by atoms with Crippen LogP contribution in [0, 0.1) is 11.9 Å². The van der Waals surface area contributed by atoms with Gasteiger partial charge in [0.1, 0.15) is 5.75 Å². The summed E-state index contributed by atoms with van der Waals surface area (Å²) in [7, 11) is 0. The second-order valence-corrected chi connectivity index (χ2v) is 6.88. The lowest BCUT2D eigenvalue weighted by atomic mass is 9.92. The van der Waals surface area contributed by atoms with E-state index in [-0.39, 0.29) is 5.97 Å². The first-order valence-electron chi connectivity index (χ1n) is 9.80. The number of carbonyl (C=O) groups is 1. The summed E-state index contributed by atoms with van der Waals surface area (Å²) in [6, 6.07) is 10.1. The fraction of sp³-hybridized carbons (Fsp3) is 0.476. The topological polar surface area (TPSA) is 64.6 Å². The van der Waals surface area contributed by atoms with Crippen LogP contribution in [0.5, 0.6) is 5.75 Å². The van der Waals surface area contributed by atoms with Gasteiger partial charge in [0.25, 0.3) is 0 Å². The predicted octanol–water partition coefficient (Wildman–Crippen LogP) is 3.87. The predicted molar refractivity (Wildman–Crippen MR) is 104 cm³/mol. The monoisotopic (exact) mass is 387 g/mol. The standard InChI is InChI=1S/C21H26FN3O3/c1-2-27-21(26)17-5-7-18(8-6-17)28-15-3-4-16-11-13-25(14-12-16)20-10-9-19(22)23-24-20/h5-10,16H,2-4,11-15H2,1H3. The van der Waals surface area contributed by atoms with Gasteiger partial charge in [0, 0.05) is 13.1 Å². The largest absolute Gasteiger partial charge is 0.494 e. The number of nitrogens with zero attached hydrogens (tertiary/aromatic N) is 3. The Bertz CT molecular complexity index is 744. The minimum Gasteiger partial charge on any atom is -0.494 e. The van der Waals surface area contributed by atoms with Crippen LogP contribution in [0.15, 0.2) is 36.4 Å². The lowest BCUT2D eigenvalue weighted by Gasteiger charge is -2.32. The molecule has 0 radical (unpaired) electrons. The summed E-state index contributed by atoms with van der Waals surface area (Å²) in [5.41, 5.74) is 0.534. The number of carbonyl (C=O) groups excluding carboxylic acids is 1. The van der Waals surface area contributed by atoms with Crippen molar-refractivity contribution in [2.75, 3.05) is 31.2 Å². The Balaban J connectivity index is 1.34. The summed E-state index contributed by atoms with van der Waals surface area (Å²) in [6.07, 6.45) is 4.28. The summed E-state index contributed by atoms with van der Waals surface area (Å²) in [4.78, 5) is 13.8. The van der Waals surface area contributed by atoms with E-state index in [1.807, 2.05) is 0 Å². The van der Waals surface area contributed by atoms with Crippen LogP contribution in [-0.4, -0.2) is 42.5 Å². The normalized spacial score (nSPS) is 14.7. The molecule has 2 aromatic rings. The van der Waals surface area contributed by atoms with Gasteiger partial charge in [-0.1, -0.05) is 0 Å². The molecule has 28 heavy (non-hydrogen) atoms. The zero-order valence-electron chi connectivity index (χ0n) is 16.1. The van der Waals surface area contributed by atoms with Gasteiger partial charge in [0.15, 0.2) is 5.82 Å². The molecule has 1 aliphatic heterocycles. The number of piperidine rings is 1. The Morgan fingerprint density at radius 1 is 1.14 bits per heavy atom. The van der Waals surface area contributed by atoms with E-state index in [1.165, 1.54) is 6.07 Å². The van der Waals surface area contributed by atoms with Gasteiger partial charge in [-0.25, -0.2) is 4.79 Å². The first-order valence-corrected chi connectivity index (χ1v) is 9.80. The molecule has 0 aliphatic carbocycles. The highest BCUT2D eigenvalue weighted by Gasteiger charge is 2.20. The van der Waals surface area contributed by atoms with Crippen molar-refractivity contribution in [3.8, 4) is 5.75 Å². The summed E-state index contributed by atoms with van der Waals surface area (Å²) in [5, 5.41) is 7.40. The van der Waals surface area contributed by atoms with E-state index in [2.05, 4.69) is 15.1 Å². The Labute approximate surface area is 164 Å². The van der Waals surface area contributed by atoms with E-state index in [9.17, 15) is 9.18 Å². The molecule has 1 aromatic heterocycles. The lowest BCUT2D eigenvalue weighted by molar-refractivity contribution is 0.0526. The number of hydrogen-bond donors (Lipinski definition) is 0. The molecular formula is C21H26FN3O3. The van der Waals surface area contributed by atoms with E-state index in [1.54, 1.807) is 37.3 Å². The van der Waals surface area contributed by atoms with Crippen molar-refractivity contribution in [1.82, 2.24) is 10.2 Å². The van der Waals surface area contributed by atoms with Gasteiger partial charge in [-0.05, 0) is 74.9 Å². The first kappa shape index (κ1) is 20.0. The highest BCUT2D eigenvalue weighted by molar-refractivity contribution is 5.89. The fourth-order valence-corrected chi connectivity index (χ4v) is 3.39. The third-order valence-corrected chi connectivity index (χ3v) is 4.95. The number of aromatic nitrogens is 2. The summed E-state index contributed by atoms with van der Waals surface area (Å²) in [5.74, 6) is 1.31. The molecule has 1 aromatic carbocycles. The average molecular weight is 387 g/mol. The Morgan fingerprint density at radius 3 is 2.54 bits per heavy atom. The molecule has 1 saturated heterocycles. The maximum Gasteiger partial charge on any atom is 0.338 e. The molecule has 1 fully saturated rings. The van der Waals surface area contributed by atoms with E-state index in [4.69, 9.17) is 9.47 Å². The maximum absolute atomic E-state index is 12.9. The van der Waals surface area contributed by atoms with E-state index >= 15 is 0 Å². The fourth-order valence-electron chi connectivity index (χ4n) is 3.39. The van der Waals surface area contributed by atoms with Crippen molar-refractivity contribution in [2.45, 2.75) is 32.6 Å². The van der Waals surface area contributed by atoms with Crippen LogP contribution in [-0.2, 0) is 4.74 Å². The molecular weight excluding hydrogens is 361 g/mol. The third-order valence-electron chi connectivity index (χ3n) is 4.95. The maximum atomic E-state index is 12.9. The zero-order chi connectivity index (χ0) is 19.8. The number of halogens is 1. The van der Waals surface area contributed by atoms with E-state index in [0.29, 0.717) is 24.7 Å². The number of anilines is 1. The van der Waals surface area contributed by atoms with Crippen LogP contribution < -0.4 is 9.64 Å². The summed E-state index contributed by atoms with van der Waals surface area (Å²) < 4.78 is 23.6. The average Bonchev–Trinajstić information content (AvgIpc) is 2.73. The molecule has 0 N–H and O–H groups in total. The Kier molecular flexibility index (Phi) is 7.17. The molecule has 3 rings (SSSR count). The molecule has 150 valence electrons. The molecule has 0 unspecified atom stereocenters. The van der Waals surface area contributed by atoms with Crippen LogP contribution >= 0.6 is 0 Å². The lowest BCUT2D eigenvalue weighted by Crippen LogP contribution is -2.34. The molecule has 0 atom stereocenters. The number of hydrogen-bond acceptors (Lipinski definition) is 6. The van der Waals surface area contributed by atoms with Crippen molar-refractivity contribution < 1.29 is 18.7 Å². The zero-order valence-corrected chi connectivity index (χ0v) is 16.1. The quantitative estimate of drug-likeness (QED) is 0.506.